The van der Waals surface area contributed by atoms with Crippen LogP contribution in [-0.4, -0.2) is 42.2 Å². The number of nitrogens with one attached hydrogen (secondary N) is 1. The van der Waals surface area contributed by atoms with Crippen LogP contribution in [-0.2, 0) is 17.1 Å². The Balaban J connectivity index is 1.84. The molecule has 1 fully saturated rings. The van der Waals surface area contributed by atoms with Gasteiger partial charge in [0.1, 0.15) is 0 Å². The molecule has 0 unspecified atom stereocenters. The molecule has 0 radical (unpaired) electrons. The number of aromatic nitrogens is 2. The molecule has 10 heteroatoms. The number of benzene rings is 1. The van der Waals surface area contributed by atoms with Gasteiger partial charge in [0.15, 0.2) is 0 Å². The van der Waals surface area contributed by atoms with Crippen molar-refractivity contribution >= 4 is 10.0 Å². The number of sulfonamides is 1. The second-order valence-corrected chi connectivity index (χ2v) is 8.87. The Morgan fingerprint density at radius 1 is 1.21 bits per heavy atom. The minimum Gasteiger partial charge on any atom is -0.340 e. The van der Waals surface area contributed by atoms with Gasteiger partial charge in [-0.3, -0.25) is 0 Å². The normalized spacial score (nSPS) is 23.9. The van der Waals surface area contributed by atoms with E-state index < -0.39 is 34.1 Å². The number of halogens is 3. The molecule has 28 heavy (non-hydrogen) atoms. The van der Waals surface area contributed by atoms with Crippen LogP contribution in [0, 0.1) is 5.92 Å². The summed E-state index contributed by atoms with van der Waals surface area (Å²) in [6.45, 7) is 0. The lowest BCUT2D eigenvalue weighted by Gasteiger charge is -2.40. The maximum atomic E-state index is 13.3. The molecule has 3 atom stereocenters. The van der Waals surface area contributed by atoms with Gasteiger partial charge in [0.2, 0.25) is 0 Å². The fourth-order valence-corrected chi connectivity index (χ4v) is 4.90. The summed E-state index contributed by atoms with van der Waals surface area (Å²) in [5.74, 6) is -1.96. The summed E-state index contributed by atoms with van der Waals surface area (Å²) in [5.41, 5.74) is 0.534. The van der Waals surface area contributed by atoms with Crippen LogP contribution >= 0.6 is 0 Å². The highest BCUT2D eigenvalue weighted by atomic mass is 32.2. The van der Waals surface area contributed by atoms with Crippen molar-refractivity contribution in [3.05, 3.63) is 48.5 Å². The minimum absolute atomic E-state index is 0.0467. The van der Waals surface area contributed by atoms with Gasteiger partial charge in [0.05, 0.1) is 22.8 Å². The van der Waals surface area contributed by atoms with E-state index in [0.717, 1.165) is 0 Å². The Bertz CT molecular complexity index is 899. The minimum atomic E-state index is -4.28. The lowest BCUT2D eigenvalue weighted by molar-refractivity contribution is -0.186. The van der Waals surface area contributed by atoms with Gasteiger partial charge in [0.25, 0.3) is 10.0 Å². The summed E-state index contributed by atoms with van der Waals surface area (Å²) in [5, 5.41) is 1.41. The van der Waals surface area contributed by atoms with Gasteiger partial charge >= 0.3 is 6.18 Å². The predicted molar refractivity (Wildman–Crippen MR) is 97.7 cm³/mol. The van der Waals surface area contributed by atoms with E-state index in [0.29, 0.717) is 5.69 Å². The largest absolute Gasteiger partial charge is 0.391 e. The summed E-state index contributed by atoms with van der Waals surface area (Å²) >= 11 is 0. The first-order chi connectivity index (χ1) is 13.1. The molecular formula is C18H23F3N4O2S. The third kappa shape index (κ3) is 4.56. The quantitative estimate of drug-likeness (QED) is 0.761. The van der Waals surface area contributed by atoms with Crippen molar-refractivity contribution in [2.75, 3.05) is 7.05 Å². The van der Waals surface area contributed by atoms with Gasteiger partial charge in [-0.15, -0.1) is 4.83 Å². The smallest absolute Gasteiger partial charge is 0.340 e. The molecule has 1 aromatic heterocycles. The summed E-state index contributed by atoms with van der Waals surface area (Å²) in [4.78, 5) is 6.82. The van der Waals surface area contributed by atoms with Crippen LogP contribution in [0.3, 0.4) is 0 Å². The molecule has 0 bridgehead atoms. The van der Waals surface area contributed by atoms with Crippen molar-refractivity contribution in [2.24, 2.45) is 13.0 Å². The molecule has 2 aromatic rings. The van der Waals surface area contributed by atoms with Crippen molar-refractivity contribution in [1.29, 1.82) is 0 Å². The Kier molecular flexibility index (Phi) is 5.83. The van der Waals surface area contributed by atoms with E-state index in [9.17, 15) is 21.6 Å². The van der Waals surface area contributed by atoms with Crippen LogP contribution in [0.2, 0.25) is 0 Å². The average molecular weight is 416 g/mol. The summed E-state index contributed by atoms with van der Waals surface area (Å²) in [7, 11) is -0.525. The summed E-state index contributed by atoms with van der Waals surface area (Å²) in [6, 6.07) is 7.42. The fourth-order valence-electron chi connectivity index (χ4n) is 3.77. The van der Waals surface area contributed by atoms with E-state index in [-0.39, 0.29) is 24.2 Å². The first-order valence-electron chi connectivity index (χ1n) is 8.93. The number of hydrazine groups is 1. The topological polar surface area (TPSA) is 67.2 Å². The van der Waals surface area contributed by atoms with Crippen LogP contribution in [0.25, 0.3) is 0 Å². The number of nitrogens with zero attached hydrogens (tertiary/aromatic N) is 3. The SMILES string of the molecule is CN(NS(=O)(=O)c1ccccc1)[C@@H]1CC[C@@H](C(F)(F)F)C[C@H]1c1cn(C)cn1. The maximum Gasteiger partial charge on any atom is 0.391 e. The van der Waals surface area contributed by atoms with E-state index >= 15 is 0 Å². The summed E-state index contributed by atoms with van der Waals surface area (Å²) < 4.78 is 66.8. The Morgan fingerprint density at radius 2 is 1.89 bits per heavy atom. The Morgan fingerprint density at radius 3 is 2.46 bits per heavy atom. The number of hydrogen-bond acceptors (Lipinski definition) is 4. The Labute approximate surface area is 162 Å². The average Bonchev–Trinajstić information content (AvgIpc) is 3.07. The van der Waals surface area contributed by atoms with Gasteiger partial charge in [-0.1, -0.05) is 18.2 Å². The summed E-state index contributed by atoms with van der Waals surface area (Å²) in [6.07, 6.45) is -1.01. The van der Waals surface area contributed by atoms with Crippen molar-refractivity contribution in [3.63, 3.8) is 0 Å². The van der Waals surface area contributed by atoms with Gasteiger partial charge in [-0.25, -0.2) is 18.4 Å². The monoisotopic (exact) mass is 416 g/mol. The number of likely N-dealkylation sites (N-methyl/N-ethyl adjacent to an activating group) is 1. The highest BCUT2D eigenvalue weighted by molar-refractivity contribution is 7.89. The maximum absolute atomic E-state index is 13.3. The predicted octanol–water partition coefficient (Wildman–Crippen LogP) is 3.06. The van der Waals surface area contributed by atoms with Crippen LogP contribution < -0.4 is 4.83 Å². The zero-order chi connectivity index (χ0) is 20.5. The second kappa shape index (κ2) is 7.84. The molecule has 0 spiro atoms. The van der Waals surface area contributed by atoms with Crippen molar-refractivity contribution < 1.29 is 21.6 Å². The second-order valence-electron chi connectivity index (χ2n) is 7.21. The van der Waals surface area contributed by atoms with Crippen LogP contribution in [0.4, 0.5) is 13.2 Å². The van der Waals surface area contributed by atoms with Crippen molar-refractivity contribution in [1.82, 2.24) is 19.4 Å². The van der Waals surface area contributed by atoms with E-state index in [1.165, 1.54) is 23.5 Å². The standard InChI is InChI=1S/C18H23F3N4O2S/c1-24-11-16(22-12-24)15-10-13(18(19,20)21)8-9-17(15)25(2)23-28(26,27)14-6-4-3-5-7-14/h3-7,11-13,15,17,23H,8-10H2,1-2H3/t13-,15+,17-/m1/s1. The highest BCUT2D eigenvalue weighted by Gasteiger charge is 2.47. The third-order valence-corrected chi connectivity index (χ3v) is 6.62. The van der Waals surface area contributed by atoms with Crippen molar-refractivity contribution in [2.45, 2.75) is 42.3 Å². The van der Waals surface area contributed by atoms with E-state index in [1.54, 1.807) is 43.1 Å². The molecule has 1 aliphatic carbocycles. The molecule has 154 valence electrons. The van der Waals surface area contributed by atoms with Gasteiger partial charge < -0.3 is 4.57 Å². The van der Waals surface area contributed by atoms with Crippen molar-refractivity contribution in [3.8, 4) is 0 Å². The number of aryl methyl sites for hydroxylation is 1. The first-order valence-corrected chi connectivity index (χ1v) is 10.4. The fraction of sp³-hybridized carbons (Fsp3) is 0.500. The first kappa shape index (κ1) is 20.8. The van der Waals surface area contributed by atoms with E-state index in [2.05, 4.69) is 9.82 Å². The lowest BCUT2D eigenvalue weighted by Crippen LogP contribution is -2.51. The molecule has 0 aliphatic heterocycles. The van der Waals surface area contributed by atoms with Crippen LogP contribution in [0.5, 0.6) is 0 Å². The van der Waals surface area contributed by atoms with Crippen LogP contribution in [0.1, 0.15) is 30.9 Å². The zero-order valence-electron chi connectivity index (χ0n) is 15.6. The molecule has 0 saturated heterocycles. The molecular weight excluding hydrogens is 393 g/mol. The molecule has 1 aliphatic rings. The molecule has 0 amide bonds. The Hall–Kier alpha value is -1.91. The van der Waals surface area contributed by atoms with Crippen LogP contribution in [0.15, 0.2) is 47.8 Å². The number of imidazole rings is 1. The highest BCUT2D eigenvalue weighted by Crippen LogP contribution is 2.44. The molecule has 1 saturated carbocycles. The third-order valence-electron chi connectivity index (χ3n) is 5.20. The van der Waals surface area contributed by atoms with E-state index in [4.69, 9.17) is 0 Å². The molecule has 1 aromatic carbocycles. The van der Waals surface area contributed by atoms with Gasteiger partial charge in [-0.2, -0.15) is 13.2 Å². The lowest BCUT2D eigenvalue weighted by atomic mass is 9.76. The number of alkyl halides is 3. The molecule has 6 nitrogen and oxygen atoms in total. The zero-order valence-corrected chi connectivity index (χ0v) is 16.4. The van der Waals surface area contributed by atoms with E-state index in [1.807, 2.05) is 0 Å². The van der Waals surface area contributed by atoms with Gasteiger partial charge in [0, 0.05) is 32.3 Å². The van der Waals surface area contributed by atoms with Gasteiger partial charge in [-0.05, 0) is 31.4 Å². The molecule has 1 heterocycles. The number of hydrogen-bond donors (Lipinski definition) is 1. The number of rotatable bonds is 5. The molecule has 1 N–H and O–H groups in total. The molecule has 3 rings (SSSR count).